The molecule has 0 saturated carbocycles. The smallest absolute Gasteiger partial charge is 0.101 e. The normalized spacial score (nSPS) is 13.8. The third-order valence-corrected chi connectivity index (χ3v) is 5.21. The summed E-state index contributed by atoms with van der Waals surface area (Å²) >= 11 is 0. The van der Waals surface area contributed by atoms with Gasteiger partial charge < -0.3 is 10.3 Å². The van der Waals surface area contributed by atoms with Gasteiger partial charge in [0.1, 0.15) is 6.07 Å². The molecule has 0 aliphatic heterocycles. The number of hydrogen-bond acceptors (Lipinski definition) is 2. The Labute approximate surface area is 186 Å². The van der Waals surface area contributed by atoms with Gasteiger partial charge in [-0.1, -0.05) is 62.1 Å². The average Bonchev–Trinajstić information content (AvgIpc) is 3.27. The van der Waals surface area contributed by atoms with E-state index in [4.69, 9.17) is 0 Å². The zero-order chi connectivity index (χ0) is 22.8. The molecule has 158 valence electrons. The van der Waals surface area contributed by atoms with E-state index in [1.807, 2.05) is 49.6 Å². The minimum Gasteiger partial charge on any atom is -0.361 e. The van der Waals surface area contributed by atoms with Gasteiger partial charge in [-0.05, 0) is 68.2 Å². The van der Waals surface area contributed by atoms with Crippen molar-refractivity contribution in [2.24, 2.45) is 0 Å². The molecule has 0 aliphatic rings. The number of fused-ring (bicyclic) bond motifs is 1. The van der Waals surface area contributed by atoms with Gasteiger partial charge in [0.05, 0.1) is 11.3 Å². The molecule has 2 aromatic rings. The first-order valence-corrected chi connectivity index (χ1v) is 10.4. The largest absolute Gasteiger partial charge is 0.361 e. The Morgan fingerprint density at radius 3 is 2.55 bits per heavy atom. The molecule has 1 heterocycles. The fourth-order valence-corrected chi connectivity index (χ4v) is 3.22. The van der Waals surface area contributed by atoms with Crippen molar-refractivity contribution in [2.45, 2.75) is 34.1 Å². The number of H-pyrrole nitrogens is 1. The van der Waals surface area contributed by atoms with Crippen molar-refractivity contribution in [3.63, 3.8) is 0 Å². The second-order valence-corrected chi connectivity index (χ2v) is 7.19. The minimum atomic E-state index is 0.493. The summed E-state index contributed by atoms with van der Waals surface area (Å²) in [6.45, 7) is 15.9. The maximum Gasteiger partial charge on any atom is 0.101 e. The highest BCUT2D eigenvalue weighted by atomic mass is 14.9. The molecule has 31 heavy (non-hydrogen) atoms. The van der Waals surface area contributed by atoms with Crippen LogP contribution in [0, 0.1) is 18.3 Å². The van der Waals surface area contributed by atoms with Crippen LogP contribution in [0.4, 0.5) is 5.69 Å². The predicted octanol–water partition coefficient (Wildman–Crippen LogP) is 7.82. The first-order chi connectivity index (χ1) is 15.0. The number of nitrogens with zero attached hydrogens (tertiary/aromatic N) is 1. The van der Waals surface area contributed by atoms with Crippen molar-refractivity contribution in [3.05, 3.63) is 114 Å². The lowest BCUT2D eigenvalue weighted by atomic mass is 10.0. The van der Waals surface area contributed by atoms with Crippen LogP contribution < -0.4 is 5.32 Å². The van der Waals surface area contributed by atoms with Crippen molar-refractivity contribution in [2.75, 3.05) is 5.32 Å². The molecule has 3 heteroatoms. The third kappa shape index (κ3) is 5.87. The van der Waals surface area contributed by atoms with Gasteiger partial charge in [0.15, 0.2) is 0 Å². The number of rotatable bonds is 9. The van der Waals surface area contributed by atoms with Crippen molar-refractivity contribution < 1.29 is 0 Å². The Balaban J connectivity index is 2.43. The van der Waals surface area contributed by atoms with E-state index in [1.54, 1.807) is 6.08 Å². The highest BCUT2D eigenvalue weighted by Gasteiger charge is 2.11. The van der Waals surface area contributed by atoms with Crippen LogP contribution in [0.3, 0.4) is 0 Å². The summed E-state index contributed by atoms with van der Waals surface area (Å²) in [6, 6.07) is 8.39. The third-order valence-electron chi connectivity index (χ3n) is 5.21. The number of aromatic nitrogens is 1. The number of anilines is 1. The molecule has 0 amide bonds. The predicted molar refractivity (Wildman–Crippen MR) is 135 cm³/mol. The van der Waals surface area contributed by atoms with Crippen LogP contribution in [0.5, 0.6) is 0 Å². The number of benzene rings is 1. The summed E-state index contributed by atoms with van der Waals surface area (Å²) in [5.74, 6) is 0. The Hall–Kier alpha value is -3.77. The van der Waals surface area contributed by atoms with Crippen molar-refractivity contribution in [3.8, 4) is 6.07 Å². The lowest BCUT2D eigenvalue weighted by molar-refractivity contribution is 1.15. The number of hydrogen-bond donors (Lipinski definition) is 2. The Bertz CT molecular complexity index is 1150. The number of aromatic amines is 1. The fourth-order valence-electron chi connectivity index (χ4n) is 3.22. The summed E-state index contributed by atoms with van der Waals surface area (Å²) in [5, 5.41) is 14.3. The molecule has 0 atom stereocenters. The van der Waals surface area contributed by atoms with Gasteiger partial charge in [-0.15, -0.1) is 0 Å². The summed E-state index contributed by atoms with van der Waals surface area (Å²) in [6.07, 6.45) is 16.6. The molecule has 3 nitrogen and oxygen atoms in total. The van der Waals surface area contributed by atoms with Crippen LogP contribution >= 0.6 is 0 Å². The van der Waals surface area contributed by atoms with Crippen molar-refractivity contribution in [1.82, 2.24) is 4.98 Å². The first kappa shape index (κ1) is 23.5. The zero-order valence-corrected chi connectivity index (χ0v) is 18.9. The van der Waals surface area contributed by atoms with E-state index in [0.29, 0.717) is 5.57 Å². The van der Waals surface area contributed by atoms with Crippen LogP contribution in [0.25, 0.3) is 10.9 Å². The van der Waals surface area contributed by atoms with Gasteiger partial charge in [-0.3, -0.25) is 0 Å². The number of nitrogens with one attached hydrogen (secondary N) is 2. The molecule has 0 fully saturated rings. The van der Waals surface area contributed by atoms with E-state index in [1.165, 1.54) is 5.57 Å². The SMILES string of the molecule is C=C\C(=C/C=C(C)/C=C/C(=C/C)C(/Nc1ccc2[nH]ccc2c1C)=C(/C#N)C=C)CC. The fraction of sp³-hybridized carbons (Fsp3) is 0.179. The quantitative estimate of drug-likeness (QED) is 0.327. The van der Waals surface area contributed by atoms with Gasteiger partial charge in [-0.2, -0.15) is 5.26 Å². The van der Waals surface area contributed by atoms with Crippen LogP contribution in [0.1, 0.15) is 32.8 Å². The Morgan fingerprint density at radius 2 is 1.94 bits per heavy atom. The monoisotopic (exact) mass is 409 g/mol. The summed E-state index contributed by atoms with van der Waals surface area (Å²) in [7, 11) is 0. The van der Waals surface area contributed by atoms with Gasteiger partial charge in [0.25, 0.3) is 0 Å². The number of nitriles is 1. The van der Waals surface area contributed by atoms with Crippen LogP contribution in [-0.2, 0) is 0 Å². The minimum absolute atomic E-state index is 0.493. The van der Waals surface area contributed by atoms with E-state index in [-0.39, 0.29) is 0 Å². The van der Waals surface area contributed by atoms with E-state index >= 15 is 0 Å². The van der Waals surface area contributed by atoms with Crippen molar-refractivity contribution in [1.29, 1.82) is 5.26 Å². The van der Waals surface area contributed by atoms with Crippen LogP contribution in [0.15, 0.2) is 108 Å². The molecule has 2 rings (SSSR count). The maximum absolute atomic E-state index is 9.70. The van der Waals surface area contributed by atoms with Gasteiger partial charge >= 0.3 is 0 Å². The van der Waals surface area contributed by atoms with Gasteiger partial charge in [0, 0.05) is 22.8 Å². The Morgan fingerprint density at radius 1 is 1.16 bits per heavy atom. The topological polar surface area (TPSA) is 51.6 Å². The van der Waals surface area contributed by atoms with Crippen LogP contribution in [0.2, 0.25) is 0 Å². The zero-order valence-electron chi connectivity index (χ0n) is 18.9. The molecule has 0 bridgehead atoms. The number of aryl methyl sites for hydroxylation is 1. The highest BCUT2D eigenvalue weighted by molar-refractivity contribution is 5.88. The maximum atomic E-state index is 9.70. The summed E-state index contributed by atoms with van der Waals surface area (Å²) in [5.41, 5.74) is 7.60. The average molecular weight is 410 g/mol. The van der Waals surface area contributed by atoms with Gasteiger partial charge in [-0.25, -0.2) is 0 Å². The lowest BCUT2D eigenvalue weighted by Gasteiger charge is -2.16. The van der Waals surface area contributed by atoms with Crippen molar-refractivity contribution >= 4 is 16.6 Å². The molecule has 1 aromatic carbocycles. The lowest BCUT2D eigenvalue weighted by Crippen LogP contribution is -2.06. The number of allylic oxidation sites excluding steroid dienone is 10. The molecular formula is C28H31N3. The molecule has 0 spiro atoms. The summed E-state index contributed by atoms with van der Waals surface area (Å²) < 4.78 is 0. The molecule has 0 radical (unpaired) electrons. The first-order valence-electron chi connectivity index (χ1n) is 10.4. The second kappa shape index (κ2) is 11.4. The van der Waals surface area contributed by atoms with Crippen LogP contribution in [-0.4, -0.2) is 4.98 Å². The second-order valence-electron chi connectivity index (χ2n) is 7.19. The molecule has 0 saturated heterocycles. The van der Waals surface area contributed by atoms with E-state index in [2.05, 4.69) is 68.5 Å². The summed E-state index contributed by atoms with van der Waals surface area (Å²) in [4.78, 5) is 3.23. The van der Waals surface area contributed by atoms with E-state index < -0.39 is 0 Å². The molecule has 0 aliphatic carbocycles. The Kier molecular flexibility index (Phi) is 8.66. The van der Waals surface area contributed by atoms with Gasteiger partial charge in [0.2, 0.25) is 0 Å². The standard InChI is InChI=1S/C28H31N3/c1-7-22(8-2)13-11-20(5)12-14-23(9-3)28(24(10-4)19-29)31-26-15-16-27-25(21(26)6)17-18-30-27/h7,9-18,30-31H,1,4,8H2,2-3,5-6H3/b14-12+,20-11+,22-13+,23-9-,28-24-. The molecular weight excluding hydrogens is 378 g/mol. The highest BCUT2D eigenvalue weighted by Crippen LogP contribution is 2.28. The van der Waals surface area contributed by atoms with E-state index in [0.717, 1.165) is 45.4 Å². The van der Waals surface area contributed by atoms with E-state index in [9.17, 15) is 5.26 Å². The molecule has 0 unspecified atom stereocenters. The molecule has 1 aromatic heterocycles. The molecule has 2 N–H and O–H groups in total.